The Hall–Kier alpha value is -3.59. The Morgan fingerprint density at radius 2 is 1.63 bits per heavy atom. The van der Waals surface area contributed by atoms with Gasteiger partial charge in [0.05, 0.1) is 11.6 Å². The number of carbonyl (C=O) groups is 3. The molecule has 3 rings (SSSR count). The molecule has 9 nitrogen and oxygen atoms in total. The largest absolute Gasteiger partial charge is 0.481 e. The number of imide groups is 1. The molecule has 2 aromatic rings. The van der Waals surface area contributed by atoms with Gasteiger partial charge in [-0.3, -0.25) is 10.2 Å². The number of amides is 4. The van der Waals surface area contributed by atoms with Crippen molar-refractivity contribution in [3.63, 3.8) is 0 Å². The maximum atomic E-state index is 12.7. The lowest BCUT2D eigenvalue weighted by Crippen LogP contribution is -2.54. The van der Waals surface area contributed by atoms with Crippen LogP contribution in [0.5, 0.6) is 0 Å². The number of carbonyl (C=O) groups excluding carboxylic acids is 2. The highest BCUT2D eigenvalue weighted by molar-refractivity contribution is 5.93. The number of hydrogen-bond donors (Lipinski definition) is 5. The maximum absolute atomic E-state index is 12.7. The molecule has 0 unspecified atom stereocenters. The van der Waals surface area contributed by atoms with Crippen LogP contribution in [0.25, 0.3) is 0 Å². The van der Waals surface area contributed by atoms with Crippen LogP contribution in [0.15, 0.2) is 48.5 Å². The van der Waals surface area contributed by atoms with Crippen molar-refractivity contribution in [2.75, 3.05) is 12.0 Å². The van der Waals surface area contributed by atoms with E-state index in [2.05, 4.69) is 33.8 Å². The standard InChI is InChI=1S/C26H35N5O4/c1-18-8-10-20(11-9-18)16-27-25(34)31(17-19(2)24(32)33)26(35)29-30-28-23-14-12-22(13-15-23)21-6-4-3-5-7-21/h8-15,19,21,28,30H,3-7,16-17H2,1-2H3,(H,27,34)(H,29,35)(H,32,33)/t19-/m0/s1. The minimum Gasteiger partial charge on any atom is -0.481 e. The molecule has 1 saturated carbocycles. The number of hydrazine groups is 2. The first kappa shape index (κ1) is 26.0. The number of anilines is 1. The number of benzene rings is 2. The lowest BCUT2D eigenvalue weighted by atomic mass is 9.84. The lowest BCUT2D eigenvalue weighted by Gasteiger charge is -2.24. The van der Waals surface area contributed by atoms with Gasteiger partial charge in [0.25, 0.3) is 0 Å². The van der Waals surface area contributed by atoms with E-state index in [1.54, 1.807) is 0 Å². The summed E-state index contributed by atoms with van der Waals surface area (Å²) >= 11 is 0. The number of carboxylic acids is 1. The van der Waals surface area contributed by atoms with Gasteiger partial charge in [0, 0.05) is 13.1 Å². The molecule has 188 valence electrons. The summed E-state index contributed by atoms with van der Waals surface area (Å²) in [6, 6.07) is 14.2. The molecule has 0 spiro atoms. The Kier molecular flexibility index (Phi) is 9.48. The Morgan fingerprint density at radius 3 is 2.26 bits per heavy atom. The average Bonchev–Trinajstić information content (AvgIpc) is 2.87. The van der Waals surface area contributed by atoms with E-state index in [1.165, 1.54) is 44.6 Å². The molecule has 0 bridgehead atoms. The van der Waals surface area contributed by atoms with Crippen molar-refractivity contribution < 1.29 is 19.5 Å². The van der Waals surface area contributed by atoms with Crippen molar-refractivity contribution in [2.45, 2.75) is 58.4 Å². The third-order valence-corrected chi connectivity index (χ3v) is 6.30. The summed E-state index contributed by atoms with van der Waals surface area (Å²) in [6.45, 7) is 3.34. The number of carboxylic acid groups (broad SMARTS) is 1. The van der Waals surface area contributed by atoms with Crippen molar-refractivity contribution in [3.8, 4) is 0 Å². The molecule has 5 N–H and O–H groups in total. The van der Waals surface area contributed by atoms with Gasteiger partial charge in [-0.15, -0.1) is 5.53 Å². The van der Waals surface area contributed by atoms with Crippen LogP contribution in [0.4, 0.5) is 15.3 Å². The Balaban J connectivity index is 1.53. The van der Waals surface area contributed by atoms with E-state index in [0.717, 1.165) is 21.7 Å². The van der Waals surface area contributed by atoms with Gasteiger partial charge < -0.3 is 15.8 Å². The van der Waals surface area contributed by atoms with Gasteiger partial charge in [-0.1, -0.05) is 68.1 Å². The summed E-state index contributed by atoms with van der Waals surface area (Å²) in [5.41, 5.74) is 11.9. The number of nitrogens with one attached hydrogen (secondary N) is 4. The van der Waals surface area contributed by atoms with E-state index >= 15 is 0 Å². The highest BCUT2D eigenvalue weighted by Gasteiger charge is 2.26. The van der Waals surface area contributed by atoms with Gasteiger partial charge in [-0.25, -0.2) is 14.5 Å². The molecule has 1 aliphatic rings. The summed E-state index contributed by atoms with van der Waals surface area (Å²) in [5, 5.41) is 11.9. The van der Waals surface area contributed by atoms with Gasteiger partial charge in [-0.05, 0) is 48.9 Å². The minimum atomic E-state index is -1.10. The van der Waals surface area contributed by atoms with Crippen molar-refractivity contribution in [1.82, 2.24) is 21.2 Å². The van der Waals surface area contributed by atoms with Crippen LogP contribution in [-0.4, -0.2) is 34.6 Å². The van der Waals surface area contributed by atoms with E-state index in [4.69, 9.17) is 0 Å². The Morgan fingerprint density at radius 1 is 0.971 bits per heavy atom. The molecule has 0 radical (unpaired) electrons. The molecular weight excluding hydrogens is 446 g/mol. The fourth-order valence-corrected chi connectivity index (χ4v) is 4.09. The van der Waals surface area contributed by atoms with Crippen LogP contribution in [0.3, 0.4) is 0 Å². The van der Waals surface area contributed by atoms with Gasteiger partial charge in [-0.2, -0.15) is 0 Å². The number of urea groups is 2. The maximum Gasteiger partial charge on any atom is 0.341 e. The zero-order valence-electron chi connectivity index (χ0n) is 20.3. The van der Waals surface area contributed by atoms with Gasteiger partial charge in [0.15, 0.2) is 0 Å². The van der Waals surface area contributed by atoms with Crippen LogP contribution in [0.1, 0.15) is 61.6 Å². The normalized spacial score (nSPS) is 14.6. The third kappa shape index (κ3) is 7.99. The van der Waals surface area contributed by atoms with E-state index in [0.29, 0.717) is 5.92 Å². The van der Waals surface area contributed by atoms with Crippen LogP contribution in [-0.2, 0) is 11.3 Å². The average molecular weight is 482 g/mol. The molecule has 0 aromatic heterocycles. The predicted molar refractivity (Wildman–Crippen MR) is 134 cm³/mol. The molecule has 0 aliphatic heterocycles. The van der Waals surface area contributed by atoms with E-state index in [1.807, 2.05) is 43.3 Å². The first-order valence-corrected chi connectivity index (χ1v) is 12.1. The number of aliphatic carboxylic acids is 1. The zero-order valence-corrected chi connectivity index (χ0v) is 20.3. The third-order valence-electron chi connectivity index (χ3n) is 6.30. The van der Waals surface area contributed by atoms with Crippen molar-refractivity contribution in [3.05, 3.63) is 65.2 Å². The van der Waals surface area contributed by atoms with Crippen LogP contribution in [0.2, 0.25) is 0 Å². The second-order valence-electron chi connectivity index (χ2n) is 9.13. The molecule has 35 heavy (non-hydrogen) atoms. The summed E-state index contributed by atoms with van der Waals surface area (Å²) in [7, 11) is 0. The number of hydrogen-bond acceptors (Lipinski definition) is 5. The number of nitrogens with zero attached hydrogens (tertiary/aromatic N) is 1. The molecule has 9 heteroatoms. The fraction of sp³-hybridized carbons (Fsp3) is 0.423. The van der Waals surface area contributed by atoms with Crippen LogP contribution < -0.4 is 21.7 Å². The molecule has 0 heterocycles. The monoisotopic (exact) mass is 481 g/mol. The molecule has 1 aliphatic carbocycles. The molecule has 1 fully saturated rings. The second-order valence-corrected chi connectivity index (χ2v) is 9.13. The minimum absolute atomic E-state index is 0.212. The second kappa shape index (κ2) is 12.8. The first-order chi connectivity index (χ1) is 16.8. The Bertz CT molecular complexity index is 988. The highest BCUT2D eigenvalue weighted by atomic mass is 16.4. The molecule has 0 saturated heterocycles. The highest BCUT2D eigenvalue weighted by Crippen LogP contribution is 2.32. The molecular formula is C26H35N5O4. The van der Waals surface area contributed by atoms with Gasteiger partial charge in [0.1, 0.15) is 0 Å². The molecule has 2 aromatic carbocycles. The van der Waals surface area contributed by atoms with Crippen molar-refractivity contribution in [1.29, 1.82) is 0 Å². The van der Waals surface area contributed by atoms with Crippen molar-refractivity contribution >= 4 is 23.7 Å². The predicted octanol–water partition coefficient (Wildman–Crippen LogP) is 4.52. The van der Waals surface area contributed by atoms with Crippen molar-refractivity contribution in [2.24, 2.45) is 5.92 Å². The van der Waals surface area contributed by atoms with Gasteiger partial charge in [0.2, 0.25) is 0 Å². The van der Waals surface area contributed by atoms with E-state index < -0.39 is 23.9 Å². The summed E-state index contributed by atoms with van der Waals surface area (Å²) in [4.78, 5) is 37.6. The summed E-state index contributed by atoms with van der Waals surface area (Å²) in [6.07, 6.45) is 6.29. The smallest absolute Gasteiger partial charge is 0.341 e. The van der Waals surface area contributed by atoms with Gasteiger partial charge >= 0.3 is 18.0 Å². The van der Waals surface area contributed by atoms with Crippen LogP contribution in [0, 0.1) is 12.8 Å². The number of aryl methyl sites for hydroxylation is 1. The lowest BCUT2D eigenvalue weighted by molar-refractivity contribution is -0.141. The summed E-state index contributed by atoms with van der Waals surface area (Å²) < 4.78 is 0. The van der Waals surface area contributed by atoms with E-state index in [-0.39, 0.29) is 13.1 Å². The topological polar surface area (TPSA) is 123 Å². The van der Waals surface area contributed by atoms with E-state index in [9.17, 15) is 19.5 Å². The molecule has 1 atom stereocenters. The van der Waals surface area contributed by atoms with Crippen LogP contribution >= 0.6 is 0 Å². The summed E-state index contributed by atoms with van der Waals surface area (Å²) in [5.74, 6) is -1.42. The molecule has 4 amide bonds. The first-order valence-electron chi connectivity index (χ1n) is 12.1. The fourth-order valence-electron chi connectivity index (χ4n) is 4.09. The Labute approximate surface area is 206 Å². The SMILES string of the molecule is Cc1ccc(CNC(=O)N(C[C@H](C)C(=O)O)C(=O)NNNc2ccc(C3CCCCC3)cc2)cc1. The quantitative estimate of drug-likeness (QED) is 0.336. The zero-order chi connectivity index (χ0) is 25.2. The number of rotatable bonds is 9.